The maximum absolute atomic E-state index is 12.5. The lowest BCUT2D eigenvalue weighted by Gasteiger charge is -2.53. The number of carbonyl (C=O) groups excluding carboxylic acids is 1. The topological polar surface area (TPSA) is 91.8 Å². The summed E-state index contributed by atoms with van der Waals surface area (Å²) in [6.45, 7) is 1.35. The van der Waals surface area contributed by atoms with Crippen LogP contribution in [0.2, 0.25) is 0 Å². The van der Waals surface area contributed by atoms with Crippen molar-refractivity contribution in [2.75, 3.05) is 40.3 Å². The molecule has 3 heterocycles. The second kappa shape index (κ2) is 5.82. The summed E-state index contributed by atoms with van der Waals surface area (Å²) < 4.78 is 32.2. The van der Waals surface area contributed by atoms with E-state index in [1.54, 1.807) is 13.1 Å². The first-order valence-electron chi connectivity index (χ1n) is 7.34. The monoisotopic (exact) mass is 340 g/mol. The Morgan fingerprint density at radius 3 is 2.74 bits per heavy atom. The normalized spacial score (nSPS) is 25.0. The summed E-state index contributed by atoms with van der Waals surface area (Å²) in [4.78, 5) is 17.7. The Bertz CT molecular complexity index is 688. The number of carbonyl (C=O) groups is 1. The standard InChI is InChI=1S/C14H20N4O4S/c1-15-13(19)12-7-22-14(8-17(12)2)9-18(10-14)23(20,21)11-4-3-5-16-6-11/h3-6,12H,7-10H2,1-2H3,(H,15,19). The number of sulfonamides is 1. The van der Waals surface area contributed by atoms with Gasteiger partial charge in [0.2, 0.25) is 15.9 Å². The molecule has 0 radical (unpaired) electrons. The lowest BCUT2D eigenvalue weighted by atomic mass is 9.93. The van der Waals surface area contributed by atoms with Crippen LogP contribution in [0.15, 0.2) is 29.4 Å². The van der Waals surface area contributed by atoms with E-state index >= 15 is 0 Å². The minimum Gasteiger partial charge on any atom is -0.369 e. The van der Waals surface area contributed by atoms with Crippen LogP contribution < -0.4 is 5.32 Å². The van der Waals surface area contributed by atoms with E-state index in [1.807, 2.05) is 11.9 Å². The van der Waals surface area contributed by atoms with Gasteiger partial charge in [-0.15, -0.1) is 0 Å². The van der Waals surface area contributed by atoms with E-state index in [9.17, 15) is 13.2 Å². The van der Waals surface area contributed by atoms with Crippen LogP contribution in [0.25, 0.3) is 0 Å². The predicted molar refractivity (Wildman–Crippen MR) is 82.2 cm³/mol. The van der Waals surface area contributed by atoms with Gasteiger partial charge < -0.3 is 10.1 Å². The Morgan fingerprint density at radius 2 is 2.17 bits per heavy atom. The molecule has 1 spiro atoms. The second-order valence-corrected chi connectivity index (χ2v) is 7.94. The molecular formula is C14H20N4O4S. The fourth-order valence-corrected chi connectivity index (χ4v) is 4.60. The van der Waals surface area contributed by atoms with E-state index in [1.165, 1.54) is 22.8 Å². The van der Waals surface area contributed by atoms with Crippen LogP contribution in [-0.2, 0) is 19.6 Å². The zero-order chi connectivity index (χ0) is 16.7. The lowest BCUT2D eigenvalue weighted by Crippen LogP contribution is -2.72. The smallest absolute Gasteiger partial charge is 0.244 e. The minimum absolute atomic E-state index is 0.0958. The molecule has 0 saturated carbocycles. The molecule has 2 aliphatic heterocycles. The van der Waals surface area contributed by atoms with Crippen molar-refractivity contribution >= 4 is 15.9 Å². The van der Waals surface area contributed by atoms with Gasteiger partial charge in [-0.3, -0.25) is 14.7 Å². The molecule has 1 aromatic heterocycles. The molecule has 1 atom stereocenters. The Kier molecular flexibility index (Phi) is 4.13. The molecule has 126 valence electrons. The van der Waals surface area contributed by atoms with Crippen molar-refractivity contribution in [2.45, 2.75) is 16.5 Å². The third kappa shape index (κ3) is 2.85. The fourth-order valence-electron chi connectivity index (χ4n) is 3.04. The third-order valence-corrected chi connectivity index (χ3v) is 6.14. The van der Waals surface area contributed by atoms with E-state index in [0.29, 0.717) is 6.54 Å². The van der Waals surface area contributed by atoms with E-state index in [-0.39, 0.29) is 36.5 Å². The Balaban J connectivity index is 1.66. The van der Waals surface area contributed by atoms with Gasteiger partial charge in [0.15, 0.2) is 0 Å². The molecule has 1 amide bonds. The molecule has 0 bridgehead atoms. The highest BCUT2D eigenvalue weighted by atomic mass is 32.2. The molecule has 1 unspecified atom stereocenters. The van der Waals surface area contributed by atoms with Crippen molar-refractivity contribution in [3.63, 3.8) is 0 Å². The van der Waals surface area contributed by atoms with Crippen LogP contribution in [0.1, 0.15) is 0 Å². The number of ether oxygens (including phenoxy) is 1. The maximum atomic E-state index is 12.5. The van der Waals surface area contributed by atoms with Gasteiger partial charge in [-0.05, 0) is 19.2 Å². The van der Waals surface area contributed by atoms with Gasteiger partial charge in [-0.2, -0.15) is 4.31 Å². The fraction of sp³-hybridized carbons (Fsp3) is 0.571. The molecule has 0 aromatic carbocycles. The van der Waals surface area contributed by atoms with Gasteiger partial charge in [0, 0.05) is 39.1 Å². The van der Waals surface area contributed by atoms with Gasteiger partial charge in [0.1, 0.15) is 16.5 Å². The molecule has 23 heavy (non-hydrogen) atoms. The predicted octanol–water partition coefficient (Wildman–Crippen LogP) is -1.10. The molecule has 0 aliphatic carbocycles. The summed E-state index contributed by atoms with van der Waals surface area (Å²) in [7, 11) is -0.0975. The number of nitrogens with one attached hydrogen (secondary N) is 1. The van der Waals surface area contributed by atoms with Crippen LogP contribution in [0.4, 0.5) is 0 Å². The SMILES string of the molecule is CNC(=O)C1COC2(CN1C)CN(S(=O)(=O)c1cccnc1)C2. The molecular weight excluding hydrogens is 320 g/mol. The molecule has 2 fully saturated rings. The molecule has 2 saturated heterocycles. The summed E-state index contributed by atoms with van der Waals surface area (Å²) in [6, 6.07) is 2.79. The zero-order valence-corrected chi connectivity index (χ0v) is 13.9. The van der Waals surface area contributed by atoms with Gasteiger partial charge in [0.05, 0.1) is 6.61 Å². The number of rotatable bonds is 3. The van der Waals surface area contributed by atoms with E-state index in [2.05, 4.69) is 10.3 Å². The Hall–Kier alpha value is -1.55. The Morgan fingerprint density at radius 1 is 1.43 bits per heavy atom. The van der Waals surface area contributed by atoms with Gasteiger partial charge in [-0.1, -0.05) is 0 Å². The largest absolute Gasteiger partial charge is 0.369 e. The average Bonchev–Trinajstić information content (AvgIpc) is 2.52. The van der Waals surface area contributed by atoms with Crippen LogP contribution in [0.5, 0.6) is 0 Å². The highest BCUT2D eigenvalue weighted by Crippen LogP contribution is 2.34. The molecule has 9 heteroatoms. The minimum atomic E-state index is -3.54. The zero-order valence-electron chi connectivity index (χ0n) is 13.1. The van der Waals surface area contributed by atoms with Crippen molar-refractivity contribution in [2.24, 2.45) is 0 Å². The summed E-state index contributed by atoms with van der Waals surface area (Å²) in [5, 5.41) is 2.61. The van der Waals surface area contributed by atoms with Crippen LogP contribution in [0.3, 0.4) is 0 Å². The third-order valence-electron chi connectivity index (χ3n) is 4.37. The quantitative estimate of drug-likeness (QED) is 0.751. The molecule has 8 nitrogen and oxygen atoms in total. The number of nitrogens with zero attached hydrogens (tertiary/aromatic N) is 3. The molecule has 1 N–H and O–H groups in total. The summed E-state index contributed by atoms with van der Waals surface area (Å²) in [6.07, 6.45) is 2.88. The number of amides is 1. The number of hydrogen-bond donors (Lipinski definition) is 1. The highest BCUT2D eigenvalue weighted by molar-refractivity contribution is 7.89. The number of hydrogen-bond acceptors (Lipinski definition) is 6. The number of morpholine rings is 1. The van der Waals surface area contributed by atoms with Crippen LogP contribution in [0, 0.1) is 0 Å². The first kappa shape index (κ1) is 16.3. The highest BCUT2D eigenvalue weighted by Gasteiger charge is 2.53. The van der Waals surface area contributed by atoms with E-state index in [4.69, 9.17) is 4.74 Å². The second-order valence-electron chi connectivity index (χ2n) is 6.00. The summed E-state index contributed by atoms with van der Waals surface area (Å²) in [5.74, 6) is -0.0958. The first-order valence-corrected chi connectivity index (χ1v) is 8.78. The van der Waals surface area contributed by atoms with Gasteiger partial charge in [0.25, 0.3) is 0 Å². The van der Waals surface area contributed by atoms with Crippen molar-refractivity contribution in [1.29, 1.82) is 0 Å². The lowest BCUT2D eigenvalue weighted by molar-refractivity contribution is -0.180. The van der Waals surface area contributed by atoms with Crippen molar-refractivity contribution in [1.82, 2.24) is 19.5 Å². The summed E-state index contributed by atoms with van der Waals surface area (Å²) >= 11 is 0. The first-order chi connectivity index (χ1) is 10.9. The Labute approximate surface area is 135 Å². The number of likely N-dealkylation sites (N-methyl/N-ethyl adjacent to an activating group) is 2. The number of aromatic nitrogens is 1. The van der Waals surface area contributed by atoms with Gasteiger partial charge >= 0.3 is 0 Å². The molecule has 3 rings (SSSR count). The maximum Gasteiger partial charge on any atom is 0.244 e. The molecule has 2 aliphatic rings. The van der Waals surface area contributed by atoms with Crippen LogP contribution >= 0.6 is 0 Å². The van der Waals surface area contributed by atoms with Crippen molar-refractivity contribution in [3.8, 4) is 0 Å². The van der Waals surface area contributed by atoms with Crippen LogP contribution in [-0.4, -0.2) is 80.5 Å². The molecule has 1 aromatic rings. The van der Waals surface area contributed by atoms with E-state index < -0.39 is 15.6 Å². The number of pyridine rings is 1. The van der Waals surface area contributed by atoms with Gasteiger partial charge in [-0.25, -0.2) is 8.42 Å². The van der Waals surface area contributed by atoms with E-state index in [0.717, 1.165) is 0 Å². The summed E-state index contributed by atoms with van der Waals surface area (Å²) in [5.41, 5.74) is -0.533. The van der Waals surface area contributed by atoms with Crippen molar-refractivity contribution in [3.05, 3.63) is 24.5 Å². The van der Waals surface area contributed by atoms with Crippen molar-refractivity contribution < 1.29 is 17.9 Å². The average molecular weight is 340 g/mol.